The lowest BCUT2D eigenvalue weighted by molar-refractivity contribution is 0.258. The lowest BCUT2D eigenvalue weighted by Gasteiger charge is -2.35. The SMILES string of the molecule is CCC1CN(C)CCCN1C(=S)NC1CCCCC1. The van der Waals surface area contributed by atoms with Gasteiger partial charge in [0.1, 0.15) is 0 Å². The molecule has 4 heteroatoms. The van der Waals surface area contributed by atoms with E-state index in [0.717, 1.165) is 18.2 Å². The number of rotatable bonds is 2. The first-order chi connectivity index (χ1) is 9.20. The van der Waals surface area contributed by atoms with Crippen LogP contribution in [-0.4, -0.2) is 53.7 Å². The van der Waals surface area contributed by atoms with Crippen LogP contribution in [0.5, 0.6) is 0 Å². The first-order valence-electron chi connectivity index (χ1n) is 7.96. The van der Waals surface area contributed by atoms with E-state index in [0.29, 0.717) is 12.1 Å². The zero-order chi connectivity index (χ0) is 13.7. The molecule has 3 nitrogen and oxygen atoms in total. The molecule has 0 amide bonds. The van der Waals surface area contributed by atoms with Gasteiger partial charge in [-0.05, 0) is 51.5 Å². The van der Waals surface area contributed by atoms with Crippen molar-refractivity contribution in [1.82, 2.24) is 15.1 Å². The molecule has 0 bridgehead atoms. The lowest BCUT2D eigenvalue weighted by atomic mass is 9.96. The zero-order valence-corrected chi connectivity index (χ0v) is 13.3. The fourth-order valence-electron chi connectivity index (χ4n) is 3.36. The van der Waals surface area contributed by atoms with Crippen LogP contribution in [0.25, 0.3) is 0 Å². The fourth-order valence-corrected chi connectivity index (χ4v) is 3.77. The highest BCUT2D eigenvalue weighted by Gasteiger charge is 2.25. The molecule has 1 heterocycles. The van der Waals surface area contributed by atoms with E-state index in [2.05, 4.69) is 29.1 Å². The molecule has 1 aliphatic heterocycles. The van der Waals surface area contributed by atoms with Gasteiger partial charge in [0.05, 0.1) is 0 Å². The second kappa shape index (κ2) is 7.44. The van der Waals surface area contributed by atoms with Gasteiger partial charge in [-0.25, -0.2) is 0 Å². The molecule has 0 aromatic heterocycles. The van der Waals surface area contributed by atoms with Crippen molar-refractivity contribution in [3.05, 3.63) is 0 Å². The van der Waals surface area contributed by atoms with Crippen LogP contribution in [0.2, 0.25) is 0 Å². The lowest BCUT2D eigenvalue weighted by Crippen LogP contribution is -2.51. The second-order valence-corrected chi connectivity index (χ2v) is 6.54. The van der Waals surface area contributed by atoms with Crippen molar-refractivity contribution in [3.63, 3.8) is 0 Å². The summed E-state index contributed by atoms with van der Waals surface area (Å²) in [6.07, 6.45) is 9.11. The largest absolute Gasteiger partial charge is 0.360 e. The van der Waals surface area contributed by atoms with Gasteiger partial charge in [0, 0.05) is 25.2 Å². The van der Waals surface area contributed by atoms with Crippen LogP contribution in [-0.2, 0) is 0 Å². The number of likely N-dealkylation sites (N-methyl/N-ethyl adjacent to an activating group) is 1. The van der Waals surface area contributed by atoms with Crippen molar-refractivity contribution in [2.45, 2.75) is 64.0 Å². The summed E-state index contributed by atoms with van der Waals surface area (Å²) in [5, 5.41) is 4.64. The number of hydrogen-bond acceptors (Lipinski definition) is 2. The molecule has 0 aromatic rings. The Morgan fingerprint density at radius 1 is 1.16 bits per heavy atom. The Balaban J connectivity index is 1.91. The van der Waals surface area contributed by atoms with Gasteiger partial charge in [0.2, 0.25) is 0 Å². The van der Waals surface area contributed by atoms with E-state index in [9.17, 15) is 0 Å². The fraction of sp³-hybridized carbons (Fsp3) is 0.933. The van der Waals surface area contributed by atoms with E-state index in [4.69, 9.17) is 12.2 Å². The van der Waals surface area contributed by atoms with E-state index < -0.39 is 0 Å². The monoisotopic (exact) mass is 283 g/mol. The quantitative estimate of drug-likeness (QED) is 0.785. The summed E-state index contributed by atoms with van der Waals surface area (Å²) in [7, 11) is 2.23. The van der Waals surface area contributed by atoms with Gasteiger partial charge in [0.25, 0.3) is 0 Å². The van der Waals surface area contributed by atoms with Gasteiger partial charge in [-0.3, -0.25) is 0 Å². The Labute approximate surface area is 123 Å². The Bertz CT molecular complexity index is 289. The molecule has 1 unspecified atom stereocenters. The molecule has 19 heavy (non-hydrogen) atoms. The maximum Gasteiger partial charge on any atom is 0.169 e. The molecule has 2 fully saturated rings. The third-order valence-corrected chi connectivity index (χ3v) is 4.92. The predicted octanol–water partition coefficient (Wildman–Crippen LogP) is 2.61. The summed E-state index contributed by atoms with van der Waals surface area (Å²) < 4.78 is 0. The molecule has 2 rings (SSSR count). The van der Waals surface area contributed by atoms with Crippen molar-refractivity contribution in [2.75, 3.05) is 26.7 Å². The zero-order valence-electron chi connectivity index (χ0n) is 12.5. The minimum atomic E-state index is 0.580. The molecular weight excluding hydrogens is 254 g/mol. The van der Waals surface area contributed by atoms with E-state index in [1.54, 1.807) is 0 Å². The number of thiocarbonyl (C=S) groups is 1. The smallest absolute Gasteiger partial charge is 0.169 e. The van der Waals surface area contributed by atoms with Crippen LogP contribution in [0.1, 0.15) is 51.9 Å². The second-order valence-electron chi connectivity index (χ2n) is 6.16. The van der Waals surface area contributed by atoms with Crippen molar-refractivity contribution in [2.24, 2.45) is 0 Å². The molecule has 0 radical (unpaired) electrons. The third kappa shape index (κ3) is 4.32. The Morgan fingerprint density at radius 2 is 1.89 bits per heavy atom. The molecule has 0 aromatic carbocycles. The van der Waals surface area contributed by atoms with Gasteiger partial charge < -0.3 is 15.1 Å². The molecule has 1 N–H and O–H groups in total. The first kappa shape index (κ1) is 15.0. The molecule has 110 valence electrons. The van der Waals surface area contributed by atoms with Crippen LogP contribution in [0, 0.1) is 0 Å². The third-order valence-electron chi connectivity index (χ3n) is 4.57. The summed E-state index contributed by atoms with van der Waals surface area (Å²) >= 11 is 5.69. The first-order valence-corrected chi connectivity index (χ1v) is 8.37. The van der Waals surface area contributed by atoms with Crippen LogP contribution in [0.3, 0.4) is 0 Å². The van der Waals surface area contributed by atoms with Crippen LogP contribution < -0.4 is 5.32 Å². The van der Waals surface area contributed by atoms with Crippen molar-refractivity contribution >= 4 is 17.3 Å². The minimum Gasteiger partial charge on any atom is -0.360 e. The number of nitrogens with one attached hydrogen (secondary N) is 1. The maximum atomic E-state index is 5.69. The molecule has 1 saturated heterocycles. The van der Waals surface area contributed by atoms with Gasteiger partial charge >= 0.3 is 0 Å². The van der Waals surface area contributed by atoms with Crippen LogP contribution in [0.4, 0.5) is 0 Å². The van der Waals surface area contributed by atoms with Crippen molar-refractivity contribution in [3.8, 4) is 0 Å². The molecule has 1 atom stereocenters. The number of hydrogen-bond donors (Lipinski definition) is 1. The van der Waals surface area contributed by atoms with Gasteiger partial charge in [-0.1, -0.05) is 26.2 Å². The van der Waals surface area contributed by atoms with Gasteiger partial charge in [0.15, 0.2) is 5.11 Å². The molecular formula is C15H29N3S. The van der Waals surface area contributed by atoms with Crippen molar-refractivity contribution < 1.29 is 0 Å². The standard InChI is InChI=1S/C15H29N3S/c1-3-14-12-17(2)10-7-11-18(14)15(19)16-13-8-5-4-6-9-13/h13-14H,3-12H2,1-2H3,(H,16,19). The number of nitrogens with zero attached hydrogens (tertiary/aromatic N) is 2. The Hall–Kier alpha value is -0.350. The van der Waals surface area contributed by atoms with Crippen molar-refractivity contribution in [1.29, 1.82) is 0 Å². The summed E-state index contributed by atoms with van der Waals surface area (Å²) in [5.74, 6) is 0. The summed E-state index contributed by atoms with van der Waals surface area (Å²) in [6.45, 7) is 5.73. The molecule has 1 aliphatic carbocycles. The summed E-state index contributed by atoms with van der Waals surface area (Å²) in [5.41, 5.74) is 0. The van der Waals surface area contributed by atoms with Gasteiger partial charge in [-0.15, -0.1) is 0 Å². The average Bonchev–Trinajstić information content (AvgIpc) is 2.61. The predicted molar refractivity (Wildman–Crippen MR) is 85.5 cm³/mol. The van der Waals surface area contributed by atoms with E-state index in [1.165, 1.54) is 51.5 Å². The topological polar surface area (TPSA) is 18.5 Å². The normalized spacial score (nSPS) is 27.1. The molecule has 0 spiro atoms. The average molecular weight is 283 g/mol. The molecule has 2 aliphatic rings. The Morgan fingerprint density at radius 3 is 2.58 bits per heavy atom. The summed E-state index contributed by atoms with van der Waals surface area (Å²) in [4.78, 5) is 4.89. The van der Waals surface area contributed by atoms with Crippen LogP contribution >= 0.6 is 12.2 Å². The van der Waals surface area contributed by atoms with E-state index in [1.807, 2.05) is 0 Å². The highest BCUT2D eigenvalue weighted by molar-refractivity contribution is 7.80. The Kier molecular flexibility index (Phi) is 5.89. The van der Waals surface area contributed by atoms with E-state index in [-0.39, 0.29) is 0 Å². The highest BCUT2D eigenvalue weighted by atomic mass is 32.1. The molecule has 1 saturated carbocycles. The highest BCUT2D eigenvalue weighted by Crippen LogP contribution is 2.19. The maximum absolute atomic E-state index is 5.69. The summed E-state index contributed by atoms with van der Waals surface area (Å²) in [6, 6.07) is 1.20. The van der Waals surface area contributed by atoms with Crippen LogP contribution in [0.15, 0.2) is 0 Å². The minimum absolute atomic E-state index is 0.580. The van der Waals surface area contributed by atoms with E-state index >= 15 is 0 Å². The van der Waals surface area contributed by atoms with Gasteiger partial charge in [-0.2, -0.15) is 0 Å².